The molecule has 0 aromatic heterocycles. The van der Waals surface area contributed by atoms with Crippen molar-refractivity contribution in [2.45, 2.75) is 17.9 Å². The molecule has 26 heavy (non-hydrogen) atoms. The van der Waals surface area contributed by atoms with Crippen LogP contribution in [-0.4, -0.2) is 39.9 Å². The maximum Gasteiger partial charge on any atom is 0.240 e. The molecule has 1 N–H and O–H groups in total. The summed E-state index contributed by atoms with van der Waals surface area (Å²) in [5.41, 5.74) is 0.961. The Kier molecular flexibility index (Phi) is 7.02. The second kappa shape index (κ2) is 9.02. The van der Waals surface area contributed by atoms with Crippen LogP contribution in [0.2, 0.25) is 5.02 Å². The first-order valence-electron chi connectivity index (χ1n) is 7.94. The van der Waals surface area contributed by atoms with Gasteiger partial charge < -0.3 is 9.64 Å². The second-order valence-corrected chi connectivity index (χ2v) is 7.90. The van der Waals surface area contributed by atoms with Crippen molar-refractivity contribution in [3.63, 3.8) is 0 Å². The molecule has 0 spiro atoms. The fourth-order valence-corrected chi connectivity index (χ4v) is 3.43. The van der Waals surface area contributed by atoms with Crippen molar-refractivity contribution in [1.82, 2.24) is 9.62 Å². The molecular formula is C18H21ClN2O4S. The largest absolute Gasteiger partial charge is 0.497 e. The third-order valence-corrected chi connectivity index (χ3v) is 5.49. The highest BCUT2D eigenvalue weighted by Gasteiger charge is 2.15. The molecule has 140 valence electrons. The summed E-state index contributed by atoms with van der Waals surface area (Å²) in [6, 6.07) is 13.3. The van der Waals surface area contributed by atoms with E-state index in [1.54, 1.807) is 19.1 Å². The van der Waals surface area contributed by atoms with Gasteiger partial charge in [0, 0.05) is 31.6 Å². The zero-order valence-electron chi connectivity index (χ0n) is 14.6. The van der Waals surface area contributed by atoms with Crippen LogP contribution in [0, 0.1) is 0 Å². The van der Waals surface area contributed by atoms with E-state index in [4.69, 9.17) is 16.3 Å². The van der Waals surface area contributed by atoms with E-state index >= 15 is 0 Å². The average molecular weight is 397 g/mol. The van der Waals surface area contributed by atoms with Crippen LogP contribution >= 0.6 is 11.6 Å². The zero-order chi connectivity index (χ0) is 19.2. The molecule has 0 saturated heterocycles. The number of carbonyl (C=O) groups excluding carboxylic acids is 1. The topological polar surface area (TPSA) is 75.7 Å². The molecule has 8 heteroatoms. The highest BCUT2D eigenvalue weighted by Crippen LogP contribution is 2.14. The van der Waals surface area contributed by atoms with Crippen LogP contribution in [0.4, 0.5) is 0 Å². The fourth-order valence-electron chi connectivity index (χ4n) is 2.27. The Labute approximate surface area is 158 Å². The zero-order valence-corrected chi connectivity index (χ0v) is 16.2. The minimum atomic E-state index is -3.66. The Morgan fingerprint density at radius 1 is 1.12 bits per heavy atom. The lowest BCUT2D eigenvalue weighted by Crippen LogP contribution is -2.31. The van der Waals surface area contributed by atoms with Gasteiger partial charge in [-0.3, -0.25) is 4.79 Å². The highest BCUT2D eigenvalue weighted by atomic mass is 35.5. The minimum Gasteiger partial charge on any atom is -0.497 e. The van der Waals surface area contributed by atoms with Crippen molar-refractivity contribution in [2.75, 3.05) is 20.7 Å². The summed E-state index contributed by atoms with van der Waals surface area (Å²) in [5, 5.41) is 0.458. The summed E-state index contributed by atoms with van der Waals surface area (Å²) in [6.07, 6.45) is 0.0689. The van der Waals surface area contributed by atoms with Gasteiger partial charge in [-0.2, -0.15) is 0 Å². The Morgan fingerprint density at radius 2 is 1.73 bits per heavy atom. The SMILES string of the molecule is COc1ccc(CN(C)C(=O)CCNS(=O)(=O)c2ccc(Cl)cc2)cc1. The summed E-state index contributed by atoms with van der Waals surface area (Å²) < 4.78 is 31.8. The number of methoxy groups -OCH3 is 1. The minimum absolute atomic E-state index is 0.0245. The van der Waals surface area contributed by atoms with Crippen molar-refractivity contribution in [2.24, 2.45) is 0 Å². The first-order valence-corrected chi connectivity index (χ1v) is 9.80. The van der Waals surface area contributed by atoms with Gasteiger partial charge in [-0.25, -0.2) is 13.1 Å². The first kappa shape index (κ1) is 20.2. The van der Waals surface area contributed by atoms with Crippen molar-refractivity contribution in [3.8, 4) is 5.75 Å². The van der Waals surface area contributed by atoms with E-state index in [0.29, 0.717) is 11.6 Å². The molecular weight excluding hydrogens is 376 g/mol. The lowest BCUT2D eigenvalue weighted by atomic mass is 10.2. The molecule has 0 saturated carbocycles. The molecule has 0 bridgehead atoms. The quantitative estimate of drug-likeness (QED) is 0.744. The number of carbonyl (C=O) groups is 1. The van der Waals surface area contributed by atoms with Gasteiger partial charge in [0.05, 0.1) is 12.0 Å². The number of rotatable bonds is 8. The molecule has 6 nitrogen and oxygen atoms in total. The molecule has 0 unspecified atom stereocenters. The summed E-state index contributed by atoms with van der Waals surface area (Å²) in [7, 11) is -0.384. The average Bonchev–Trinajstić information content (AvgIpc) is 2.62. The molecule has 0 aliphatic heterocycles. The van der Waals surface area contributed by atoms with Crippen LogP contribution < -0.4 is 9.46 Å². The predicted molar refractivity (Wildman–Crippen MR) is 101 cm³/mol. The van der Waals surface area contributed by atoms with Gasteiger partial charge >= 0.3 is 0 Å². The van der Waals surface area contributed by atoms with Crippen molar-refractivity contribution >= 4 is 27.5 Å². The second-order valence-electron chi connectivity index (χ2n) is 5.70. The van der Waals surface area contributed by atoms with Gasteiger partial charge in [0.15, 0.2) is 0 Å². The van der Waals surface area contributed by atoms with Crippen LogP contribution in [-0.2, 0) is 21.4 Å². The van der Waals surface area contributed by atoms with Crippen LogP contribution in [0.25, 0.3) is 0 Å². The number of hydrogen-bond donors (Lipinski definition) is 1. The third kappa shape index (κ3) is 5.72. The molecule has 2 aromatic carbocycles. The molecule has 0 atom stereocenters. The van der Waals surface area contributed by atoms with Gasteiger partial charge in [0.1, 0.15) is 5.75 Å². The number of nitrogens with one attached hydrogen (secondary N) is 1. The smallest absolute Gasteiger partial charge is 0.240 e. The molecule has 0 heterocycles. The third-order valence-electron chi connectivity index (χ3n) is 3.76. The number of amides is 1. The Balaban J connectivity index is 1.84. The summed E-state index contributed by atoms with van der Waals surface area (Å²) in [6.45, 7) is 0.462. The number of nitrogens with zero attached hydrogens (tertiary/aromatic N) is 1. The van der Waals surface area contributed by atoms with Crippen LogP contribution in [0.5, 0.6) is 5.75 Å². The Bertz CT molecular complexity index is 836. The van der Waals surface area contributed by atoms with E-state index in [-0.39, 0.29) is 23.8 Å². The summed E-state index contributed by atoms with van der Waals surface area (Å²) in [5.74, 6) is 0.596. The maximum absolute atomic E-state index is 12.2. The van der Waals surface area contributed by atoms with Gasteiger partial charge in [-0.15, -0.1) is 0 Å². The number of hydrogen-bond acceptors (Lipinski definition) is 4. The van der Waals surface area contributed by atoms with E-state index in [1.807, 2.05) is 24.3 Å². The van der Waals surface area contributed by atoms with E-state index in [9.17, 15) is 13.2 Å². The molecule has 0 radical (unpaired) electrons. The number of halogens is 1. The van der Waals surface area contributed by atoms with Gasteiger partial charge in [-0.05, 0) is 42.0 Å². The molecule has 0 aliphatic rings. The van der Waals surface area contributed by atoms with Crippen molar-refractivity contribution < 1.29 is 17.9 Å². The normalized spacial score (nSPS) is 11.2. The van der Waals surface area contributed by atoms with Crippen LogP contribution in [0.3, 0.4) is 0 Å². The van der Waals surface area contributed by atoms with Crippen molar-refractivity contribution in [3.05, 3.63) is 59.1 Å². The Morgan fingerprint density at radius 3 is 2.31 bits per heavy atom. The van der Waals surface area contributed by atoms with Crippen LogP contribution in [0.1, 0.15) is 12.0 Å². The highest BCUT2D eigenvalue weighted by molar-refractivity contribution is 7.89. The van der Waals surface area contributed by atoms with E-state index in [2.05, 4.69) is 4.72 Å². The molecule has 2 rings (SSSR count). The van der Waals surface area contributed by atoms with E-state index in [1.165, 1.54) is 24.3 Å². The maximum atomic E-state index is 12.2. The number of benzene rings is 2. The lowest BCUT2D eigenvalue weighted by molar-refractivity contribution is -0.130. The number of ether oxygens (including phenoxy) is 1. The van der Waals surface area contributed by atoms with E-state index < -0.39 is 10.0 Å². The van der Waals surface area contributed by atoms with E-state index in [0.717, 1.165) is 11.3 Å². The van der Waals surface area contributed by atoms with Crippen molar-refractivity contribution in [1.29, 1.82) is 0 Å². The van der Waals surface area contributed by atoms with Crippen LogP contribution in [0.15, 0.2) is 53.4 Å². The summed E-state index contributed by atoms with van der Waals surface area (Å²) in [4.78, 5) is 13.9. The number of sulfonamides is 1. The summed E-state index contributed by atoms with van der Waals surface area (Å²) >= 11 is 5.75. The lowest BCUT2D eigenvalue weighted by Gasteiger charge is -2.17. The first-order chi connectivity index (χ1) is 12.3. The molecule has 0 aliphatic carbocycles. The van der Waals surface area contributed by atoms with Gasteiger partial charge in [-0.1, -0.05) is 23.7 Å². The molecule has 2 aromatic rings. The monoisotopic (exact) mass is 396 g/mol. The molecule has 1 amide bonds. The Hall–Kier alpha value is -2.09. The van der Waals surface area contributed by atoms with Gasteiger partial charge in [0.25, 0.3) is 0 Å². The molecule has 0 fully saturated rings. The standard InChI is InChI=1S/C18H21ClN2O4S/c1-21(13-14-3-7-16(25-2)8-4-14)18(22)11-12-20-26(23,24)17-9-5-15(19)6-10-17/h3-10,20H,11-13H2,1-2H3. The fraction of sp³-hybridized carbons (Fsp3) is 0.278. The van der Waals surface area contributed by atoms with Gasteiger partial charge in [0.2, 0.25) is 15.9 Å². The predicted octanol–water partition coefficient (Wildman–Crippen LogP) is 2.68.